The standard InChI is InChI=1S/C20H22N2O4S2/c1-13(20(24)22-8-10-28(25,26)11-9-22)21-19(23)17-12-15-7-6-14-4-2-3-5-16(14)18(15)27-17/h2-5,12-13H,6-11H2,1H3,(H,21,23). The summed E-state index contributed by atoms with van der Waals surface area (Å²) in [6.45, 7) is 2.02. The van der Waals surface area contributed by atoms with Crippen LogP contribution in [-0.2, 0) is 27.5 Å². The van der Waals surface area contributed by atoms with Gasteiger partial charge in [-0.25, -0.2) is 8.42 Å². The summed E-state index contributed by atoms with van der Waals surface area (Å²) in [7, 11) is -3.05. The van der Waals surface area contributed by atoms with Crippen LogP contribution >= 0.6 is 11.3 Å². The monoisotopic (exact) mass is 418 g/mol. The molecule has 0 saturated carbocycles. The molecule has 1 aromatic heterocycles. The van der Waals surface area contributed by atoms with Crippen molar-refractivity contribution in [3.05, 3.63) is 46.3 Å². The molecule has 1 atom stereocenters. The van der Waals surface area contributed by atoms with Crippen LogP contribution in [0.2, 0.25) is 0 Å². The van der Waals surface area contributed by atoms with Gasteiger partial charge in [-0.1, -0.05) is 24.3 Å². The minimum Gasteiger partial charge on any atom is -0.340 e. The largest absolute Gasteiger partial charge is 0.340 e. The molecule has 8 heteroatoms. The van der Waals surface area contributed by atoms with Crippen LogP contribution in [0.25, 0.3) is 10.4 Å². The van der Waals surface area contributed by atoms with Gasteiger partial charge >= 0.3 is 0 Å². The first-order valence-corrected chi connectivity index (χ1v) is 12.0. The van der Waals surface area contributed by atoms with Crippen molar-refractivity contribution in [2.45, 2.75) is 25.8 Å². The number of rotatable bonds is 3. The van der Waals surface area contributed by atoms with E-state index < -0.39 is 15.9 Å². The maximum atomic E-state index is 12.7. The summed E-state index contributed by atoms with van der Waals surface area (Å²) in [5.74, 6) is -0.537. The normalized spacial score (nSPS) is 18.7. The highest BCUT2D eigenvalue weighted by Crippen LogP contribution is 2.39. The Balaban J connectivity index is 1.45. The first kappa shape index (κ1) is 19.1. The summed E-state index contributed by atoms with van der Waals surface area (Å²) in [6.07, 6.45) is 1.88. The summed E-state index contributed by atoms with van der Waals surface area (Å²) < 4.78 is 23.1. The summed E-state index contributed by atoms with van der Waals surface area (Å²) in [6, 6.07) is 9.48. The maximum Gasteiger partial charge on any atom is 0.262 e. The molecule has 0 bridgehead atoms. The average molecular weight is 419 g/mol. The van der Waals surface area contributed by atoms with E-state index in [-0.39, 0.29) is 36.4 Å². The van der Waals surface area contributed by atoms with Gasteiger partial charge in [0, 0.05) is 18.0 Å². The third-order valence-electron chi connectivity index (χ3n) is 5.33. The third-order valence-corrected chi connectivity index (χ3v) is 8.15. The van der Waals surface area contributed by atoms with Gasteiger partial charge in [0.15, 0.2) is 9.84 Å². The van der Waals surface area contributed by atoms with E-state index in [2.05, 4.69) is 17.4 Å². The Morgan fingerprint density at radius 1 is 1.11 bits per heavy atom. The van der Waals surface area contributed by atoms with Crippen LogP contribution in [0.5, 0.6) is 0 Å². The van der Waals surface area contributed by atoms with E-state index in [0.29, 0.717) is 4.88 Å². The Morgan fingerprint density at radius 2 is 1.79 bits per heavy atom. The number of fused-ring (bicyclic) bond motifs is 3. The maximum absolute atomic E-state index is 12.7. The molecule has 1 N–H and O–H groups in total. The lowest BCUT2D eigenvalue weighted by atomic mass is 9.91. The van der Waals surface area contributed by atoms with E-state index in [1.807, 2.05) is 18.2 Å². The summed E-state index contributed by atoms with van der Waals surface area (Å²) in [4.78, 5) is 28.5. The number of amides is 2. The van der Waals surface area contributed by atoms with Gasteiger partial charge in [0.25, 0.3) is 5.91 Å². The van der Waals surface area contributed by atoms with E-state index in [9.17, 15) is 18.0 Å². The second-order valence-electron chi connectivity index (χ2n) is 7.29. The van der Waals surface area contributed by atoms with Crippen molar-refractivity contribution in [3.63, 3.8) is 0 Å². The molecule has 2 aromatic rings. The fraction of sp³-hybridized carbons (Fsp3) is 0.400. The number of carbonyl (C=O) groups is 2. The Labute approximate surface area is 168 Å². The van der Waals surface area contributed by atoms with E-state index >= 15 is 0 Å². The van der Waals surface area contributed by atoms with Crippen LogP contribution in [0.3, 0.4) is 0 Å². The van der Waals surface area contributed by atoms with Crippen molar-refractivity contribution >= 4 is 33.0 Å². The van der Waals surface area contributed by atoms with Crippen molar-refractivity contribution < 1.29 is 18.0 Å². The van der Waals surface area contributed by atoms with Gasteiger partial charge in [-0.15, -0.1) is 11.3 Å². The molecule has 4 rings (SSSR count). The molecule has 2 amide bonds. The van der Waals surface area contributed by atoms with Crippen molar-refractivity contribution in [2.75, 3.05) is 24.6 Å². The Kier molecular flexibility index (Phi) is 5.01. The topological polar surface area (TPSA) is 83.6 Å². The first-order chi connectivity index (χ1) is 13.3. The first-order valence-electron chi connectivity index (χ1n) is 9.35. The molecule has 1 unspecified atom stereocenters. The van der Waals surface area contributed by atoms with Crippen molar-refractivity contribution in [1.29, 1.82) is 0 Å². The van der Waals surface area contributed by atoms with Gasteiger partial charge < -0.3 is 10.2 Å². The van der Waals surface area contributed by atoms with Crippen LogP contribution in [0.1, 0.15) is 27.7 Å². The van der Waals surface area contributed by atoms with E-state index in [4.69, 9.17) is 0 Å². The lowest BCUT2D eigenvalue weighted by Crippen LogP contribution is -2.51. The van der Waals surface area contributed by atoms with Gasteiger partial charge in [0.1, 0.15) is 6.04 Å². The predicted molar refractivity (Wildman–Crippen MR) is 109 cm³/mol. The minimum atomic E-state index is -3.05. The Morgan fingerprint density at radius 3 is 2.54 bits per heavy atom. The zero-order valence-electron chi connectivity index (χ0n) is 15.6. The Hall–Kier alpha value is -2.19. The predicted octanol–water partition coefficient (Wildman–Crippen LogP) is 1.89. The molecule has 0 radical (unpaired) electrons. The van der Waals surface area contributed by atoms with Crippen molar-refractivity contribution in [2.24, 2.45) is 0 Å². The van der Waals surface area contributed by atoms with Crippen LogP contribution in [-0.4, -0.2) is 55.8 Å². The molecule has 1 aromatic carbocycles. The number of sulfone groups is 1. The molecule has 2 heterocycles. The smallest absolute Gasteiger partial charge is 0.262 e. The van der Waals surface area contributed by atoms with E-state index in [1.165, 1.54) is 32.9 Å². The van der Waals surface area contributed by atoms with Crippen LogP contribution < -0.4 is 5.32 Å². The van der Waals surface area contributed by atoms with Crippen molar-refractivity contribution in [3.8, 4) is 10.4 Å². The van der Waals surface area contributed by atoms with Crippen LogP contribution in [0.4, 0.5) is 0 Å². The molecule has 28 heavy (non-hydrogen) atoms. The molecular formula is C20H22N2O4S2. The lowest BCUT2D eigenvalue weighted by molar-refractivity contribution is -0.132. The molecule has 148 valence electrons. The average Bonchev–Trinajstić information content (AvgIpc) is 3.12. The van der Waals surface area contributed by atoms with Gasteiger partial charge in [-0.2, -0.15) is 0 Å². The van der Waals surface area contributed by atoms with Crippen molar-refractivity contribution in [1.82, 2.24) is 10.2 Å². The fourth-order valence-electron chi connectivity index (χ4n) is 3.72. The number of aryl methyl sites for hydroxylation is 2. The number of hydrogen-bond donors (Lipinski definition) is 1. The second kappa shape index (κ2) is 7.33. The van der Waals surface area contributed by atoms with E-state index in [1.54, 1.807) is 6.92 Å². The quantitative estimate of drug-likeness (QED) is 0.825. The number of thiophene rings is 1. The highest BCUT2D eigenvalue weighted by molar-refractivity contribution is 7.91. The van der Waals surface area contributed by atoms with Gasteiger partial charge in [-0.05, 0) is 42.5 Å². The number of hydrogen-bond acceptors (Lipinski definition) is 5. The molecule has 1 fully saturated rings. The zero-order valence-corrected chi connectivity index (χ0v) is 17.2. The Bertz CT molecular complexity index is 1030. The summed E-state index contributed by atoms with van der Waals surface area (Å²) >= 11 is 1.46. The number of nitrogens with one attached hydrogen (secondary N) is 1. The number of carbonyl (C=O) groups excluding carboxylic acids is 2. The molecule has 1 aliphatic heterocycles. The number of benzene rings is 1. The van der Waals surface area contributed by atoms with Gasteiger partial charge in [0.05, 0.1) is 16.4 Å². The molecule has 2 aliphatic rings. The zero-order chi connectivity index (χ0) is 19.9. The van der Waals surface area contributed by atoms with Gasteiger partial charge in [0.2, 0.25) is 5.91 Å². The summed E-state index contributed by atoms with van der Waals surface area (Å²) in [5, 5.41) is 2.78. The van der Waals surface area contributed by atoms with E-state index in [0.717, 1.165) is 17.7 Å². The summed E-state index contributed by atoms with van der Waals surface area (Å²) in [5.41, 5.74) is 3.66. The molecule has 6 nitrogen and oxygen atoms in total. The second-order valence-corrected chi connectivity index (χ2v) is 10.7. The highest BCUT2D eigenvalue weighted by atomic mass is 32.2. The minimum absolute atomic E-state index is 0.0174. The molecular weight excluding hydrogens is 396 g/mol. The molecule has 1 aliphatic carbocycles. The number of nitrogens with zero attached hydrogens (tertiary/aromatic N) is 1. The molecule has 1 saturated heterocycles. The lowest BCUT2D eigenvalue weighted by Gasteiger charge is -2.29. The van der Waals surface area contributed by atoms with Crippen LogP contribution in [0, 0.1) is 0 Å². The van der Waals surface area contributed by atoms with Crippen LogP contribution in [0.15, 0.2) is 30.3 Å². The highest BCUT2D eigenvalue weighted by Gasteiger charge is 2.29. The SMILES string of the molecule is CC(NC(=O)c1cc2c(s1)-c1ccccc1CC2)C(=O)N1CCS(=O)(=O)CC1. The van der Waals surface area contributed by atoms with Gasteiger partial charge in [-0.3, -0.25) is 9.59 Å². The fourth-order valence-corrected chi connectivity index (χ4v) is 6.09. The molecule has 0 spiro atoms. The third kappa shape index (κ3) is 3.71.